The smallest absolute Gasteiger partial charge is 0 e. The molecule has 3 nitrogen and oxygen atoms in total. The maximum absolute atomic E-state index is 5.43. The molecule has 10 rings (SSSR count). The summed E-state index contributed by atoms with van der Waals surface area (Å²) in [5.74, 6) is 8.06. The molecule has 0 fully saturated rings. The molecule has 0 saturated heterocycles. The Labute approximate surface area is 367 Å². The van der Waals surface area contributed by atoms with Crippen LogP contribution in [0.3, 0.4) is 0 Å². The monoisotopic (exact) mass is 1020 g/mol. The summed E-state index contributed by atoms with van der Waals surface area (Å²) >= 11 is 0.110. The fourth-order valence-corrected chi connectivity index (χ4v) is 11.2. The summed E-state index contributed by atoms with van der Waals surface area (Å²) in [5, 5.41) is 4.93. The van der Waals surface area contributed by atoms with Crippen molar-refractivity contribution >= 4 is 71.0 Å². The van der Waals surface area contributed by atoms with Crippen LogP contribution in [0.5, 0.6) is 0 Å². The topological polar surface area (TPSA) is 30.7 Å². The summed E-state index contributed by atoms with van der Waals surface area (Å²) in [6.45, 7) is 6.90. The number of benzene rings is 7. The molecule has 59 heavy (non-hydrogen) atoms. The molecule has 6 heteroatoms. The van der Waals surface area contributed by atoms with Gasteiger partial charge in [0.2, 0.25) is 0 Å². The second-order valence-corrected chi connectivity index (χ2v) is 28.6. The van der Waals surface area contributed by atoms with Gasteiger partial charge in [-0.05, 0) is 55.6 Å². The van der Waals surface area contributed by atoms with Gasteiger partial charge in [0, 0.05) is 30.4 Å². The summed E-state index contributed by atoms with van der Waals surface area (Å²) in [7, 11) is 0. The van der Waals surface area contributed by atoms with Crippen molar-refractivity contribution in [1.82, 2.24) is 14.5 Å². The molecule has 0 aliphatic heterocycles. The van der Waals surface area contributed by atoms with E-state index in [1.54, 1.807) is 0 Å². The van der Waals surface area contributed by atoms with Gasteiger partial charge >= 0.3 is 99.8 Å². The van der Waals surface area contributed by atoms with Gasteiger partial charge in [-0.25, -0.2) is 0 Å². The first-order chi connectivity index (χ1) is 28.0. The van der Waals surface area contributed by atoms with Crippen LogP contribution in [0.25, 0.3) is 81.4 Å². The standard InChI is InChI=1S/C39H29N2S.C14H16GeN.Ir/c1-39(2,3)32-21-12-18-28(25-13-5-4-6-14-25)36(32)41-34-24-27-16-8-7-15-26(27)23-33(34)40-38(41)31-20-11-19-30-29-17-9-10-22-35(29)42-37(30)31;1-15(2,3)13-9-10-14(16-11-13)12-7-5-4-6-8-12;/h4-19,21-24H,1-3H3;4-7,9-11H,1-3H3;/q2*-1;. The van der Waals surface area contributed by atoms with E-state index in [0.29, 0.717) is 0 Å². The first-order valence-corrected chi connectivity index (χ1v) is 28.1. The van der Waals surface area contributed by atoms with Crippen molar-refractivity contribution in [3.05, 3.63) is 182 Å². The molecule has 0 atom stereocenters. The molecule has 0 aliphatic rings. The number of imidazole rings is 1. The number of thiophene rings is 1. The van der Waals surface area contributed by atoms with Crippen molar-refractivity contribution in [2.24, 2.45) is 0 Å². The van der Waals surface area contributed by atoms with Gasteiger partial charge in [0.25, 0.3) is 0 Å². The minimum absolute atomic E-state index is 0. The Morgan fingerprint density at radius 2 is 1.39 bits per heavy atom. The van der Waals surface area contributed by atoms with Gasteiger partial charge in [0.15, 0.2) is 0 Å². The maximum Gasteiger partial charge on any atom is 0 e. The molecule has 0 saturated carbocycles. The van der Waals surface area contributed by atoms with Gasteiger partial charge < -0.3 is 4.57 Å². The predicted molar refractivity (Wildman–Crippen MR) is 251 cm³/mol. The molecule has 10 aromatic rings. The van der Waals surface area contributed by atoms with Crippen LogP contribution in [0, 0.1) is 12.1 Å². The second-order valence-electron chi connectivity index (χ2n) is 16.9. The Bertz CT molecular complexity index is 3070. The molecule has 1 radical (unpaired) electrons. The van der Waals surface area contributed by atoms with E-state index >= 15 is 0 Å². The first-order valence-electron chi connectivity index (χ1n) is 19.9. The van der Waals surface area contributed by atoms with E-state index in [1.165, 1.54) is 57.7 Å². The van der Waals surface area contributed by atoms with Crippen molar-refractivity contribution in [2.75, 3.05) is 0 Å². The number of nitrogens with zero attached hydrogens (tertiary/aromatic N) is 3. The van der Waals surface area contributed by atoms with Crippen LogP contribution in [-0.2, 0) is 25.5 Å². The molecule has 0 bridgehead atoms. The number of pyridine rings is 1. The van der Waals surface area contributed by atoms with E-state index in [1.807, 2.05) is 41.8 Å². The average molecular weight is 1020 g/mol. The normalized spacial score (nSPS) is 11.8. The van der Waals surface area contributed by atoms with Crippen LogP contribution >= 0.6 is 11.3 Å². The SMILES string of the molecule is CC(C)(C)c1cccc(-c2ccccc2)c1-n1c(-c2[c-]ccc3c2sc2ccccc23)nc2cc3ccccc3cc21.[CH3][Ge]([CH3])([CH3])[c]1ccc(-c2[c-]cccc2)nc1.[Ir]. The van der Waals surface area contributed by atoms with Crippen LogP contribution < -0.4 is 4.40 Å². The summed E-state index contributed by atoms with van der Waals surface area (Å²) < 4.78 is 6.36. The molecule has 0 N–H and O–H groups in total. The Morgan fingerprint density at radius 3 is 2.10 bits per heavy atom. The number of para-hydroxylation sites is 1. The van der Waals surface area contributed by atoms with Crippen LogP contribution in [0.4, 0.5) is 0 Å². The fraction of sp³-hybridized carbons (Fsp3) is 0.132. The van der Waals surface area contributed by atoms with E-state index < -0.39 is 13.3 Å². The molecule has 0 amide bonds. The summed E-state index contributed by atoms with van der Waals surface area (Å²) in [4.78, 5) is 9.96. The number of hydrogen-bond acceptors (Lipinski definition) is 3. The molecule has 3 heterocycles. The Morgan fingerprint density at radius 1 is 0.661 bits per heavy atom. The first kappa shape index (κ1) is 40.6. The van der Waals surface area contributed by atoms with E-state index in [4.69, 9.17) is 4.98 Å². The van der Waals surface area contributed by atoms with Crippen molar-refractivity contribution in [3.63, 3.8) is 0 Å². The maximum atomic E-state index is 5.43. The van der Waals surface area contributed by atoms with Gasteiger partial charge in [0.05, 0.1) is 22.5 Å². The third-order valence-corrected chi connectivity index (χ3v) is 16.3. The predicted octanol–water partition coefficient (Wildman–Crippen LogP) is 14.1. The van der Waals surface area contributed by atoms with Crippen molar-refractivity contribution in [2.45, 2.75) is 43.5 Å². The van der Waals surface area contributed by atoms with Crippen LogP contribution in [-0.4, -0.2) is 27.8 Å². The zero-order valence-electron chi connectivity index (χ0n) is 34.2. The van der Waals surface area contributed by atoms with Gasteiger partial charge in [-0.2, -0.15) is 11.3 Å². The van der Waals surface area contributed by atoms with E-state index in [0.717, 1.165) is 33.7 Å². The minimum atomic E-state index is -1.72. The van der Waals surface area contributed by atoms with E-state index in [9.17, 15) is 0 Å². The third kappa shape index (κ3) is 7.98. The van der Waals surface area contributed by atoms with Gasteiger partial charge in [-0.15, -0.1) is 18.2 Å². The molecule has 3 aromatic heterocycles. The fourth-order valence-electron chi connectivity index (χ4n) is 7.80. The molecule has 0 spiro atoms. The van der Waals surface area contributed by atoms with Crippen molar-refractivity contribution in [1.29, 1.82) is 0 Å². The van der Waals surface area contributed by atoms with Gasteiger partial charge in [-0.3, -0.25) is 4.98 Å². The molecule has 0 unspecified atom stereocenters. The largest absolute Gasteiger partial charge is 0 e. The third-order valence-electron chi connectivity index (χ3n) is 10.9. The molecule has 7 aromatic carbocycles. The van der Waals surface area contributed by atoms with Crippen molar-refractivity contribution < 1.29 is 20.1 Å². The Kier molecular flexibility index (Phi) is 11.3. The van der Waals surface area contributed by atoms with E-state index in [-0.39, 0.29) is 25.5 Å². The summed E-state index contributed by atoms with van der Waals surface area (Å²) in [6.07, 6.45) is 2.04. The zero-order valence-corrected chi connectivity index (χ0v) is 39.5. The van der Waals surface area contributed by atoms with Crippen molar-refractivity contribution in [3.8, 4) is 39.5 Å². The molecular formula is C53H45GeIrN3S-2. The minimum Gasteiger partial charge on any atom is 0 e. The second kappa shape index (κ2) is 16.5. The Hall–Kier alpha value is -5.17. The number of hydrogen-bond donors (Lipinski definition) is 0. The number of fused-ring (bicyclic) bond motifs is 5. The quantitative estimate of drug-likeness (QED) is 0.127. The molecule has 293 valence electrons. The average Bonchev–Trinajstić information content (AvgIpc) is 3.81. The molecular weight excluding hydrogens is 975 g/mol. The summed E-state index contributed by atoms with van der Waals surface area (Å²) in [5.41, 5.74) is 9.94. The van der Waals surface area contributed by atoms with Crippen LogP contribution in [0.2, 0.25) is 17.3 Å². The zero-order chi connectivity index (χ0) is 40.0. The Balaban J connectivity index is 0.000000240. The van der Waals surface area contributed by atoms with Gasteiger partial charge in [-0.1, -0.05) is 123 Å². The van der Waals surface area contributed by atoms with Gasteiger partial charge in [0.1, 0.15) is 0 Å². The van der Waals surface area contributed by atoms with Crippen LogP contribution in [0.15, 0.2) is 164 Å². The molecule has 0 aliphatic carbocycles. The number of rotatable bonds is 5. The summed E-state index contributed by atoms with van der Waals surface area (Å²) in [6, 6.07) is 62.6. The number of aromatic nitrogens is 3. The van der Waals surface area contributed by atoms with Crippen LogP contribution in [0.1, 0.15) is 26.3 Å². The van der Waals surface area contributed by atoms with E-state index in [2.05, 4.69) is 193 Å².